The zero-order chi connectivity index (χ0) is 20.3. The molecule has 3 heterocycles. The largest absolute Gasteiger partial charge is 0.338 e. The molecule has 0 radical (unpaired) electrons. The minimum absolute atomic E-state index is 0.0145. The van der Waals surface area contributed by atoms with Crippen molar-refractivity contribution in [2.75, 3.05) is 31.9 Å². The van der Waals surface area contributed by atoms with Crippen molar-refractivity contribution in [3.63, 3.8) is 0 Å². The van der Waals surface area contributed by atoms with Crippen LogP contribution in [0, 0.1) is 0 Å². The highest BCUT2D eigenvalue weighted by Gasteiger charge is 2.27. The molecule has 1 unspecified atom stereocenters. The molecular formula is C21H26N2O3S3. The number of thiophene rings is 1. The van der Waals surface area contributed by atoms with Crippen LogP contribution in [0.1, 0.15) is 46.2 Å². The molecule has 2 fully saturated rings. The average molecular weight is 451 g/mol. The Morgan fingerprint density at radius 2 is 1.72 bits per heavy atom. The molecule has 4 rings (SSSR count). The van der Waals surface area contributed by atoms with Crippen molar-refractivity contribution in [3.05, 3.63) is 52.2 Å². The standard InChI is InChI=1S/C21H26N2O3S3/c24-21(22-13-10-20(28-16-14-22)19-5-4-15-27-19)17-6-8-18(9-7-17)29(25,26)23-11-2-1-3-12-23/h4-9,15,20H,1-3,10-14,16H2. The van der Waals surface area contributed by atoms with Gasteiger partial charge in [0.1, 0.15) is 0 Å². The molecule has 1 aromatic carbocycles. The number of hydrogen-bond donors (Lipinski definition) is 0. The maximum Gasteiger partial charge on any atom is 0.253 e. The van der Waals surface area contributed by atoms with E-state index >= 15 is 0 Å². The van der Waals surface area contributed by atoms with Crippen LogP contribution in [0.3, 0.4) is 0 Å². The van der Waals surface area contributed by atoms with Crippen LogP contribution in [0.25, 0.3) is 0 Å². The van der Waals surface area contributed by atoms with Gasteiger partial charge in [-0.1, -0.05) is 12.5 Å². The van der Waals surface area contributed by atoms with Gasteiger partial charge < -0.3 is 4.90 Å². The molecule has 29 heavy (non-hydrogen) atoms. The topological polar surface area (TPSA) is 57.7 Å². The first-order valence-electron chi connectivity index (χ1n) is 10.1. The van der Waals surface area contributed by atoms with Gasteiger partial charge in [-0.25, -0.2) is 8.42 Å². The van der Waals surface area contributed by atoms with Gasteiger partial charge in [0.05, 0.1) is 4.90 Å². The summed E-state index contributed by atoms with van der Waals surface area (Å²) in [7, 11) is -3.46. The predicted molar refractivity (Wildman–Crippen MR) is 119 cm³/mol. The highest BCUT2D eigenvalue weighted by Crippen LogP contribution is 2.37. The second-order valence-electron chi connectivity index (χ2n) is 7.44. The molecule has 2 aliphatic rings. The monoisotopic (exact) mass is 450 g/mol. The smallest absolute Gasteiger partial charge is 0.253 e. The Hall–Kier alpha value is -1.35. The van der Waals surface area contributed by atoms with Crippen LogP contribution in [-0.4, -0.2) is 55.5 Å². The van der Waals surface area contributed by atoms with Crippen molar-refractivity contribution in [2.24, 2.45) is 0 Å². The lowest BCUT2D eigenvalue weighted by Gasteiger charge is -2.26. The molecule has 1 aromatic heterocycles. The summed E-state index contributed by atoms with van der Waals surface area (Å²) < 4.78 is 27.1. The maximum atomic E-state index is 13.0. The van der Waals surface area contributed by atoms with Gasteiger partial charge in [0.25, 0.3) is 5.91 Å². The van der Waals surface area contributed by atoms with E-state index in [1.807, 2.05) is 16.7 Å². The van der Waals surface area contributed by atoms with Crippen LogP contribution >= 0.6 is 23.1 Å². The number of rotatable bonds is 4. The first-order chi connectivity index (χ1) is 14.1. The Labute approximate surface area is 181 Å². The van der Waals surface area contributed by atoms with Gasteiger partial charge in [0, 0.05) is 47.6 Å². The van der Waals surface area contributed by atoms with Gasteiger partial charge in [0.15, 0.2) is 0 Å². The molecule has 2 saturated heterocycles. The third-order valence-corrected chi connectivity index (χ3v) is 9.90. The number of benzene rings is 1. The Balaban J connectivity index is 1.42. The highest BCUT2D eigenvalue weighted by atomic mass is 32.2. The molecule has 0 spiro atoms. The van der Waals surface area contributed by atoms with Gasteiger partial charge in [-0.2, -0.15) is 16.1 Å². The average Bonchev–Trinajstić information content (AvgIpc) is 3.19. The molecule has 0 aliphatic carbocycles. The van der Waals surface area contributed by atoms with Crippen molar-refractivity contribution in [1.29, 1.82) is 0 Å². The van der Waals surface area contributed by atoms with Crippen molar-refractivity contribution < 1.29 is 13.2 Å². The minimum atomic E-state index is -3.46. The van der Waals surface area contributed by atoms with Gasteiger partial charge in [-0.3, -0.25) is 4.79 Å². The van der Waals surface area contributed by atoms with Crippen LogP contribution in [0.15, 0.2) is 46.7 Å². The number of amides is 1. The number of thioether (sulfide) groups is 1. The SMILES string of the molecule is O=C(c1ccc(S(=O)(=O)N2CCCCC2)cc1)N1CCSC(c2cccs2)CC1. The number of nitrogens with zero attached hydrogens (tertiary/aromatic N) is 2. The summed E-state index contributed by atoms with van der Waals surface area (Å²) >= 11 is 3.69. The lowest BCUT2D eigenvalue weighted by atomic mass is 10.2. The Kier molecular flexibility index (Phi) is 6.63. The summed E-state index contributed by atoms with van der Waals surface area (Å²) in [5.74, 6) is 0.898. The summed E-state index contributed by atoms with van der Waals surface area (Å²) in [5, 5.41) is 2.55. The molecule has 0 N–H and O–H groups in total. The van der Waals surface area contributed by atoms with Gasteiger partial charge in [0.2, 0.25) is 10.0 Å². The van der Waals surface area contributed by atoms with Crippen molar-refractivity contribution in [2.45, 2.75) is 35.8 Å². The number of sulfonamides is 1. The van der Waals surface area contributed by atoms with E-state index in [1.54, 1.807) is 39.9 Å². The normalized spacial score (nSPS) is 21.7. The molecule has 2 aromatic rings. The molecule has 0 saturated carbocycles. The molecule has 156 valence electrons. The lowest BCUT2D eigenvalue weighted by Crippen LogP contribution is -2.35. The summed E-state index contributed by atoms with van der Waals surface area (Å²) in [6, 6.07) is 10.7. The summed E-state index contributed by atoms with van der Waals surface area (Å²) in [5.41, 5.74) is 0.558. The fourth-order valence-corrected chi connectivity index (χ4v) is 7.64. The first kappa shape index (κ1) is 20.9. The van der Waals surface area contributed by atoms with E-state index in [0.717, 1.165) is 44.5 Å². The Morgan fingerprint density at radius 1 is 0.966 bits per heavy atom. The van der Waals surface area contributed by atoms with E-state index in [-0.39, 0.29) is 10.8 Å². The van der Waals surface area contributed by atoms with E-state index < -0.39 is 10.0 Å². The zero-order valence-electron chi connectivity index (χ0n) is 16.3. The number of carbonyl (C=O) groups is 1. The van der Waals surface area contributed by atoms with Gasteiger partial charge >= 0.3 is 0 Å². The summed E-state index contributed by atoms with van der Waals surface area (Å²) in [6.07, 6.45) is 3.85. The molecule has 2 aliphatic heterocycles. The highest BCUT2D eigenvalue weighted by molar-refractivity contribution is 7.99. The minimum Gasteiger partial charge on any atom is -0.338 e. The fraction of sp³-hybridized carbons (Fsp3) is 0.476. The molecule has 1 amide bonds. The van der Waals surface area contributed by atoms with E-state index in [0.29, 0.717) is 23.9 Å². The molecule has 5 nitrogen and oxygen atoms in total. The third-order valence-electron chi connectivity index (χ3n) is 5.54. The molecular weight excluding hydrogens is 424 g/mol. The second-order valence-corrected chi connectivity index (χ2v) is 11.7. The fourth-order valence-electron chi connectivity index (χ4n) is 3.88. The quantitative estimate of drug-likeness (QED) is 0.699. The van der Waals surface area contributed by atoms with Crippen LogP contribution in [0.5, 0.6) is 0 Å². The van der Waals surface area contributed by atoms with Gasteiger partial charge in [-0.15, -0.1) is 11.3 Å². The van der Waals surface area contributed by atoms with Crippen LogP contribution in [0.4, 0.5) is 0 Å². The zero-order valence-corrected chi connectivity index (χ0v) is 18.8. The molecule has 1 atom stereocenters. The van der Waals surface area contributed by atoms with Crippen molar-refractivity contribution in [3.8, 4) is 0 Å². The maximum absolute atomic E-state index is 13.0. The van der Waals surface area contributed by atoms with Crippen molar-refractivity contribution >= 4 is 39.0 Å². The lowest BCUT2D eigenvalue weighted by molar-refractivity contribution is 0.0766. The summed E-state index contributed by atoms with van der Waals surface area (Å²) in [4.78, 5) is 16.5. The van der Waals surface area contributed by atoms with E-state index in [4.69, 9.17) is 0 Å². The van der Waals surface area contributed by atoms with E-state index in [1.165, 1.54) is 4.88 Å². The number of hydrogen-bond acceptors (Lipinski definition) is 5. The number of piperidine rings is 1. The third kappa shape index (κ3) is 4.71. The van der Waals surface area contributed by atoms with Gasteiger partial charge in [-0.05, 0) is 55.0 Å². The Bertz CT molecular complexity index is 921. The van der Waals surface area contributed by atoms with E-state index in [2.05, 4.69) is 17.5 Å². The molecule has 8 heteroatoms. The summed E-state index contributed by atoms with van der Waals surface area (Å²) in [6.45, 7) is 2.61. The number of carbonyl (C=O) groups excluding carboxylic acids is 1. The van der Waals surface area contributed by atoms with Crippen molar-refractivity contribution in [1.82, 2.24) is 9.21 Å². The van der Waals surface area contributed by atoms with E-state index in [9.17, 15) is 13.2 Å². The van der Waals surface area contributed by atoms with Crippen LogP contribution < -0.4 is 0 Å². The molecule has 0 bridgehead atoms. The van der Waals surface area contributed by atoms with Crippen LogP contribution in [-0.2, 0) is 10.0 Å². The Morgan fingerprint density at radius 3 is 2.41 bits per heavy atom. The van der Waals surface area contributed by atoms with Crippen LogP contribution in [0.2, 0.25) is 0 Å². The predicted octanol–water partition coefficient (Wildman–Crippen LogP) is 4.24. The second kappa shape index (κ2) is 9.20. The first-order valence-corrected chi connectivity index (χ1v) is 13.5.